The number of ether oxygens (including phenoxy) is 1. The van der Waals surface area contributed by atoms with Crippen molar-refractivity contribution in [3.05, 3.63) is 45.4 Å². The van der Waals surface area contributed by atoms with Crippen molar-refractivity contribution in [3.63, 3.8) is 0 Å². The quantitative estimate of drug-likeness (QED) is 0.890. The first-order valence-electron chi connectivity index (χ1n) is 7.53. The fourth-order valence-electron chi connectivity index (χ4n) is 2.12. The number of hydrogen-bond acceptors (Lipinski definition) is 4. The molecule has 0 unspecified atom stereocenters. The van der Waals surface area contributed by atoms with Gasteiger partial charge >= 0.3 is 0 Å². The average Bonchev–Trinajstić information content (AvgIpc) is 3.18. The van der Waals surface area contributed by atoms with E-state index in [1.54, 1.807) is 0 Å². The molecule has 1 saturated carbocycles. The molecule has 0 aliphatic heterocycles. The first-order valence-corrected chi connectivity index (χ1v) is 8.41. The maximum Gasteiger partial charge on any atom is 0.226 e. The molecule has 5 heteroatoms. The summed E-state index contributed by atoms with van der Waals surface area (Å²) in [6.45, 7) is 4.60. The second-order valence-electron chi connectivity index (χ2n) is 5.79. The van der Waals surface area contributed by atoms with Crippen molar-refractivity contribution in [3.8, 4) is 5.75 Å². The molecule has 3 rings (SSSR count). The Hall–Kier alpha value is -1.88. The minimum absolute atomic E-state index is 0.0643. The summed E-state index contributed by atoms with van der Waals surface area (Å²) in [6, 6.07) is 6.46. The minimum Gasteiger partial charge on any atom is -0.486 e. The summed E-state index contributed by atoms with van der Waals surface area (Å²) < 4.78 is 5.77. The molecule has 1 aliphatic carbocycles. The molecule has 1 N–H and O–H groups in total. The number of carbonyl (C=O) groups excluding carboxylic acids is 1. The summed E-state index contributed by atoms with van der Waals surface area (Å²) in [5, 5.41) is 5.81. The highest BCUT2D eigenvalue weighted by molar-refractivity contribution is 7.09. The summed E-state index contributed by atoms with van der Waals surface area (Å²) in [4.78, 5) is 16.2. The van der Waals surface area contributed by atoms with Gasteiger partial charge in [-0.05, 0) is 49.9 Å². The van der Waals surface area contributed by atoms with Crippen LogP contribution in [-0.2, 0) is 17.8 Å². The number of aryl methyl sites for hydroxylation is 2. The normalized spacial score (nSPS) is 13.9. The molecule has 4 nitrogen and oxygen atoms in total. The molecule has 0 saturated heterocycles. The number of benzene rings is 1. The predicted octanol–water partition coefficient (Wildman–Crippen LogP) is 3.16. The third-order valence-corrected chi connectivity index (χ3v) is 4.60. The van der Waals surface area contributed by atoms with E-state index in [9.17, 15) is 4.79 Å². The highest BCUT2D eigenvalue weighted by Crippen LogP contribution is 2.20. The summed E-state index contributed by atoms with van der Waals surface area (Å²) in [5.41, 5.74) is 3.29. The third kappa shape index (κ3) is 4.07. The monoisotopic (exact) mass is 316 g/mol. The van der Waals surface area contributed by atoms with E-state index in [1.165, 1.54) is 22.5 Å². The van der Waals surface area contributed by atoms with Gasteiger partial charge < -0.3 is 10.1 Å². The first kappa shape index (κ1) is 15.0. The van der Waals surface area contributed by atoms with E-state index in [0.717, 1.165) is 29.3 Å². The van der Waals surface area contributed by atoms with Crippen LogP contribution in [0.1, 0.15) is 34.7 Å². The van der Waals surface area contributed by atoms with Crippen LogP contribution >= 0.6 is 11.3 Å². The van der Waals surface area contributed by atoms with Crippen LogP contribution in [0.2, 0.25) is 0 Å². The van der Waals surface area contributed by atoms with E-state index in [2.05, 4.69) is 30.2 Å². The lowest BCUT2D eigenvalue weighted by molar-refractivity contribution is -0.120. The van der Waals surface area contributed by atoms with E-state index < -0.39 is 0 Å². The zero-order valence-electron chi connectivity index (χ0n) is 12.9. The van der Waals surface area contributed by atoms with E-state index >= 15 is 0 Å². The highest BCUT2D eigenvalue weighted by Gasteiger charge is 2.23. The van der Waals surface area contributed by atoms with Crippen molar-refractivity contribution in [2.24, 2.45) is 0 Å². The Bertz CT molecular complexity index is 677. The second kappa shape index (κ2) is 6.48. The van der Waals surface area contributed by atoms with Crippen molar-refractivity contribution >= 4 is 17.2 Å². The van der Waals surface area contributed by atoms with Crippen molar-refractivity contribution in [1.82, 2.24) is 10.3 Å². The van der Waals surface area contributed by atoms with Crippen LogP contribution in [0.3, 0.4) is 0 Å². The Morgan fingerprint density at radius 2 is 2.18 bits per heavy atom. The molecule has 0 spiro atoms. The molecule has 1 amide bonds. The summed E-state index contributed by atoms with van der Waals surface area (Å²) in [7, 11) is 0. The van der Waals surface area contributed by atoms with Gasteiger partial charge in [0, 0.05) is 11.4 Å². The second-order valence-corrected chi connectivity index (χ2v) is 6.73. The lowest BCUT2D eigenvalue weighted by atomic mass is 10.1. The number of nitrogens with one attached hydrogen (secondary N) is 1. The number of amides is 1. The van der Waals surface area contributed by atoms with Crippen molar-refractivity contribution in [2.75, 3.05) is 0 Å². The minimum atomic E-state index is 0.0643. The van der Waals surface area contributed by atoms with Gasteiger partial charge in [0.2, 0.25) is 5.91 Å². The van der Waals surface area contributed by atoms with Gasteiger partial charge in [-0.25, -0.2) is 4.98 Å². The molecule has 1 aliphatic rings. The van der Waals surface area contributed by atoms with Gasteiger partial charge in [-0.2, -0.15) is 0 Å². The first-order chi connectivity index (χ1) is 10.6. The Morgan fingerprint density at radius 1 is 1.36 bits per heavy atom. The fourth-order valence-corrected chi connectivity index (χ4v) is 2.82. The molecule has 0 bridgehead atoms. The van der Waals surface area contributed by atoms with Gasteiger partial charge in [0.25, 0.3) is 0 Å². The summed E-state index contributed by atoms with van der Waals surface area (Å²) in [5.74, 6) is 0.917. The average molecular weight is 316 g/mol. The van der Waals surface area contributed by atoms with E-state index in [0.29, 0.717) is 19.1 Å². The van der Waals surface area contributed by atoms with Crippen LogP contribution < -0.4 is 10.1 Å². The Labute approximate surface area is 134 Å². The van der Waals surface area contributed by atoms with E-state index in [-0.39, 0.29) is 5.91 Å². The fraction of sp³-hybridized carbons (Fsp3) is 0.412. The van der Waals surface area contributed by atoms with E-state index in [4.69, 9.17) is 4.74 Å². The molecular weight excluding hydrogens is 296 g/mol. The number of thiazole rings is 1. The lowest BCUT2D eigenvalue weighted by Gasteiger charge is -2.06. The Balaban J connectivity index is 1.52. The zero-order valence-corrected chi connectivity index (χ0v) is 13.7. The lowest BCUT2D eigenvalue weighted by Crippen LogP contribution is -2.27. The molecule has 22 heavy (non-hydrogen) atoms. The molecule has 1 heterocycles. The molecule has 0 radical (unpaired) electrons. The highest BCUT2D eigenvalue weighted by atomic mass is 32.1. The molecule has 1 aromatic heterocycles. The maximum absolute atomic E-state index is 11.7. The summed E-state index contributed by atoms with van der Waals surface area (Å²) in [6.07, 6.45) is 2.58. The maximum atomic E-state index is 11.7. The van der Waals surface area contributed by atoms with Crippen LogP contribution in [0.15, 0.2) is 23.6 Å². The number of rotatable bonds is 6. The largest absolute Gasteiger partial charge is 0.486 e. The van der Waals surface area contributed by atoms with Gasteiger partial charge in [-0.1, -0.05) is 6.07 Å². The van der Waals surface area contributed by atoms with Gasteiger partial charge in [0.15, 0.2) is 0 Å². The van der Waals surface area contributed by atoms with Crippen molar-refractivity contribution in [2.45, 2.75) is 45.8 Å². The van der Waals surface area contributed by atoms with Crippen LogP contribution in [0, 0.1) is 13.8 Å². The third-order valence-electron chi connectivity index (χ3n) is 3.72. The molecule has 1 fully saturated rings. The van der Waals surface area contributed by atoms with Crippen LogP contribution in [0.5, 0.6) is 5.75 Å². The number of hydrogen-bond donors (Lipinski definition) is 1. The molecule has 0 atom stereocenters. The van der Waals surface area contributed by atoms with Gasteiger partial charge in [0.05, 0.1) is 12.1 Å². The number of carbonyl (C=O) groups is 1. The van der Waals surface area contributed by atoms with Crippen LogP contribution in [0.25, 0.3) is 0 Å². The van der Waals surface area contributed by atoms with Gasteiger partial charge in [-0.15, -0.1) is 11.3 Å². The smallest absolute Gasteiger partial charge is 0.226 e. The zero-order chi connectivity index (χ0) is 15.5. The molecule has 2 aromatic rings. The van der Waals surface area contributed by atoms with Gasteiger partial charge in [-0.3, -0.25) is 4.79 Å². The Kier molecular flexibility index (Phi) is 4.43. The standard InChI is InChI=1S/C17H20N2O2S/c1-11-3-6-15(7-12(11)2)21-9-17-19-14(10-22-17)8-16(20)18-13-4-5-13/h3,6-7,10,13H,4-5,8-9H2,1-2H3,(H,18,20). The summed E-state index contributed by atoms with van der Waals surface area (Å²) >= 11 is 1.54. The van der Waals surface area contributed by atoms with Gasteiger partial charge in [0.1, 0.15) is 17.4 Å². The molecule has 116 valence electrons. The number of aromatic nitrogens is 1. The van der Waals surface area contributed by atoms with Crippen molar-refractivity contribution < 1.29 is 9.53 Å². The molecule has 1 aromatic carbocycles. The predicted molar refractivity (Wildman–Crippen MR) is 87.2 cm³/mol. The number of nitrogens with zero attached hydrogens (tertiary/aromatic N) is 1. The Morgan fingerprint density at radius 3 is 2.91 bits per heavy atom. The van der Waals surface area contributed by atoms with Crippen molar-refractivity contribution in [1.29, 1.82) is 0 Å². The van der Waals surface area contributed by atoms with Crippen LogP contribution in [0.4, 0.5) is 0 Å². The topological polar surface area (TPSA) is 51.2 Å². The van der Waals surface area contributed by atoms with E-state index in [1.807, 2.05) is 17.5 Å². The molecular formula is C17H20N2O2S. The SMILES string of the molecule is Cc1ccc(OCc2nc(CC(=O)NC3CC3)cs2)cc1C. The van der Waals surface area contributed by atoms with Crippen LogP contribution in [-0.4, -0.2) is 16.9 Å².